The normalized spacial score (nSPS) is 11.0. The molecule has 1 heterocycles. The summed E-state index contributed by atoms with van der Waals surface area (Å²) in [6.45, 7) is 0.0655. The molecule has 0 bridgehead atoms. The summed E-state index contributed by atoms with van der Waals surface area (Å²) in [6.07, 6.45) is 0. The van der Waals surface area contributed by atoms with Crippen LogP contribution in [0.25, 0.3) is 22.2 Å². The summed E-state index contributed by atoms with van der Waals surface area (Å²) >= 11 is 0. The minimum atomic E-state index is -0.657. The van der Waals surface area contributed by atoms with Gasteiger partial charge in [0.25, 0.3) is 0 Å². The molecule has 0 radical (unpaired) electrons. The van der Waals surface area contributed by atoms with Crippen molar-refractivity contribution in [1.82, 2.24) is 9.78 Å². The molecule has 6 heteroatoms. The van der Waals surface area contributed by atoms with Crippen LogP contribution in [0.2, 0.25) is 0 Å². The Labute approximate surface area is 159 Å². The molecule has 0 aliphatic rings. The van der Waals surface area contributed by atoms with Crippen molar-refractivity contribution in [3.8, 4) is 17.0 Å². The van der Waals surface area contributed by atoms with Crippen molar-refractivity contribution in [3.63, 3.8) is 0 Å². The van der Waals surface area contributed by atoms with E-state index in [-0.39, 0.29) is 23.2 Å². The molecule has 3 aromatic carbocycles. The number of benzene rings is 3. The van der Waals surface area contributed by atoms with Gasteiger partial charge in [-0.1, -0.05) is 18.2 Å². The van der Waals surface area contributed by atoms with E-state index in [1.807, 2.05) is 0 Å². The third-order valence-electron chi connectivity index (χ3n) is 4.56. The number of fused-ring (bicyclic) bond motifs is 1. The molecule has 0 fully saturated rings. The van der Waals surface area contributed by atoms with Gasteiger partial charge in [0.05, 0.1) is 19.2 Å². The fourth-order valence-electron chi connectivity index (χ4n) is 3.11. The van der Waals surface area contributed by atoms with Crippen molar-refractivity contribution in [2.45, 2.75) is 6.54 Å². The maximum Gasteiger partial charge on any atom is 0.215 e. The van der Waals surface area contributed by atoms with Crippen molar-refractivity contribution in [1.29, 1.82) is 0 Å². The van der Waals surface area contributed by atoms with E-state index in [0.717, 1.165) is 6.07 Å². The number of para-hydroxylation sites is 1. The summed E-state index contributed by atoms with van der Waals surface area (Å²) in [4.78, 5) is 13.0. The van der Waals surface area contributed by atoms with Gasteiger partial charge in [0, 0.05) is 22.6 Å². The molecule has 0 spiro atoms. The summed E-state index contributed by atoms with van der Waals surface area (Å²) in [5, 5.41) is 4.97. The number of aromatic nitrogens is 2. The van der Waals surface area contributed by atoms with Crippen LogP contribution in [0.1, 0.15) is 5.56 Å². The average Bonchev–Trinajstić information content (AvgIpc) is 2.72. The van der Waals surface area contributed by atoms with Crippen LogP contribution in [-0.4, -0.2) is 16.9 Å². The van der Waals surface area contributed by atoms with Crippen LogP contribution in [0.15, 0.2) is 71.5 Å². The van der Waals surface area contributed by atoms with Gasteiger partial charge < -0.3 is 4.74 Å². The molecule has 0 N–H and O–H groups in total. The molecule has 0 saturated heterocycles. The Hall–Kier alpha value is -3.54. The van der Waals surface area contributed by atoms with Crippen molar-refractivity contribution >= 4 is 10.9 Å². The quantitative estimate of drug-likeness (QED) is 0.529. The highest BCUT2D eigenvalue weighted by Gasteiger charge is 2.14. The minimum absolute atomic E-state index is 0.0655. The van der Waals surface area contributed by atoms with E-state index in [1.165, 1.54) is 12.1 Å². The van der Waals surface area contributed by atoms with Gasteiger partial charge in [-0.2, -0.15) is 5.10 Å². The van der Waals surface area contributed by atoms with Crippen LogP contribution in [0.5, 0.6) is 5.75 Å². The maximum absolute atomic E-state index is 14.2. The Morgan fingerprint density at radius 2 is 1.75 bits per heavy atom. The first-order chi connectivity index (χ1) is 13.6. The molecule has 4 nitrogen and oxygen atoms in total. The third-order valence-corrected chi connectivity index (χ3v) is 4.56. The van der Waals surface area contributed by atoms with Crippen molar-refractivity contribution in [3.05, 3.63) is 94.2 Å². The van der Waals surface area contributed by atoms with Crippen molar-refractivity contribution in [2.75, 3.05) is 7.11 Å². The van der Waals surface area contributed by atoms with E-state index in [9.17, 15) is 13.6 Å². The lowest BCUT2D eigenvalue weighted by Gasteiger charge is -2.13. The van der Waals surface area contributed by atoms with Crippen LogP contribution in [-0.2, 0) is 6.54 Å². The van der Waals surface area contributed by atoms with Gasteiger partial charge in [0.1, 0.15) is 23.1 Å². The highest BCUT2D eigenvalue weighted by molar-refractivity contribution is 5.82. The lowest BCUT2D eigenvalue weighted by Crippen LogP contribution is -2.17. The Kier molecular flexibility index (Phi) is 4.61. The molecule has 28 heavy (non-hydrogen) atoms. The molecule has 0 amide bonds. The van der Waals surface area contributed by atoms with Crippen molar-refractivity contribution < 1.29 is 13.5 Å². The Morgan fingerprint density at radius 1 is 1.00 bits per heavy atom. The predicted molar refractivity (Wildman–Crippen MR) is 103 cm³/mol. The number of ether oxygens (including phenoxy) is 1. The highest BCUT2D eigenvalue weighted by atomic mass is 19.1. The van der Waals surface area contributed by atoms with Gasteiger partial charge in [-0.3, -0.25) is 9.48 Å². The standard InChI is InChI=1S/C22H16F2N2O2/c1-28-17-10-7-14(8-11-17)21-22(27)18-4-2-3-5-20(18)26(25-21)13-15-6-9-16(23)12-19(15)24/h2-12H,13H2,1H3. The molecule has 1 aromatic heterocycles. The fourth-order valence-corrected chi connectivity index (χ4v) is 3.11. The molecule has 0 unspecified atom stereocenters. The van der Waals surface area contributed by atoms with Crippen LogP contribution in [0.3, 0.4) is 0 Å². The Balaban J connectivity index is 1.89. The second kappa shape index (κ2) is 7.23. The summed E-state index contributed by atoms with van der Waals surface area (Å²) in [5.41, 5.74) is 1.53. The summed E-state index contributed by atoms with van der Waals surface area (Å²) in [6, 6.07) is 17.4. The topological polar surface area (TPSA) is 44.1 Å². The molecular formula is C22H16F2N2O2. The van der Waals surface area contributed by atoms with Crippen LogP contribution in [0.4, 0.5) is 8.78 Å². The highest BCUT2D eigenvalue weighted by Crippen LogP contribution is 2.21. The van der Waals surface area contributed by atoms with E-state index in [2.05, 4.69) is 5.10 Å². The smallest absolute Gasteiger partial charge is 0.215 e. The molecule has 0 aliphatic heterocycles. The zero-order valence-electron chi connectivity index (χ0n) is 15.0. The lowest BCUT2D eigenvalue weighted by molar-refractivity contribution is 0.415. The van der Waals surface area contributed by atoms with E-state index in [4.69, 9.17) is 4.74 Å². The molecule has 0 saturated carbocycles. The zero-order chi connectivity index (χ0) is 19.7. The zero-order valence-corrected chi connectivity index (χ0v) is 15.0. The van der Waals surface area contributed by atoms with Crippen molar-refractivity contribution in [2.24, 2.45) is 0 Å². The van der Waals surface area contributed by atoms with Gasteiger partial charge in [0.2, 0.25) is 5.43 Å². The molecule has 4 aromatic rings. The second-order valence-electron chi connectivity index (χ2n) is 6.32. The maximum atomic E-state index is 14.2. The number of hydrogen-bond donors (Lipinski definition) is 0. The summed E-state index contributed by atoms with van der Waals surface area (Å²) in [5.74, 6) is -0.633. The van der Waals surface area contributed by atoms with Crippen LogP contribution >= 0.6 is 0 Å². The first-order valence-corrected chi connectivity index (χ1v) is 8.65. The molecule has 0 aliphatic carbocycles. The van der Waals surface area contributed by atoms with Gasteiger partial charge in [-0.15, -0.1) is 0 Å². The predicted octanol–water partition coefficient (Wildman–Crippen LogP) is 4.40. The van der Waals surface area contributed by atoms with Gasteiger partial charge in [-0.25, -0.2) is 8.78 Å². The number of rotatable bonds is 4. The van der Waals surface area contributed by atoms with Gasteiger partial charge >= 0.3 is 0 Å². The van der Waals surface area contributed by atoms with Gasteiger partial charge in [-0.05, 0) is 42.5 Å². The number of halogens is 2. The first-order valence-electron chi connectivity index (χ1n) is 8.65. The first kappa shape index (κ1) is 17.9. The Morgan fingerprint density at radius 3 is 2.46 bits per heavy atom. The van der Waals surface area contributed by atoms with E-state index in [1.54, 1.807) is 60.3 Å². The number of nitrogens with zero attached hydrogens (tertiary/aromatic N) is 2. The van der Waals surface area contributed by atoms with E-state index < -0.39 is 11.6 Å². The Bertz CT molecular complexity index is 1220. The SMILES string of the molecule is COc1ccc(-c2nn(Cc3ccc(F)cc3F)c3ccccc3c2=O)cc1. The molecule has 140 valence electrons. The average molecular weight is 378 g/mol. The summed E-state index contributed by atoms with van der Waals surface area (Å²) in [7, 11) is 1.56. The monoisotopic (exact) mass is 378 g/mol. The van der Waals surface area contributed by atoms with E-state index in [0.29, 0.717) is 22.2 Å². The third kappa shape index (κ3) is 3.24. The minimum Gasteiger partial charge on any atom is -0.497 e. The molecular weight excluding hydrogens is 362 g/mol. The number of methoxy groups -OCH3 is 1. The van der Waals surface area contributed by atoms with Gasteiger partial charge in [0.15, 0.2) is 0 Å². The fraction of sp³-hybridized carbons (Fsp3) is 0.0909. The van der Waals surface area contributed by atoms with Crippen LogP contribution < -0.4 is 10.2 Å². The van der Waals surface area contributed by atoms with Crippen LogP contribution in [0, 0.1) is 11.6 Å². The molecule has 4 rings (SSSR count). The summed E-state index contributed by atoms with van der Waals surface area (Å²) < 4.78 is 34.1. The number of hydrogen-bond acceptors (Lipinski definition) is 3. The second-order valence-corrected chi connectivity index (χ2v) is 6.32. The largest absolute Gasteiger partial charge is 0.497 e. The van der Waals surface area contributed by atoms with E-state index >= 15 is 0 Å². The molecule has 0 atom stereocenters. The lowest BCUT2D eigenvalue weighted by atomic mass is 10.1.